The van der Waals surface area contributed by atoms with E-state index in [2.05, 4.69) is 19.2 Å². The highest BCUT2D eigenvalue weighted by Crippen LogP contribution is 2.47. The summed E-state index contributed by atoms with van der Waals surface area (Å²) in [6.45, 7) is 4.70. The lowest BCUT2D eigenvalue weighted by molar-refractivity contribution is -0.170. The summed E-state index contributed by atoms with van der Waals surface area (Å²) in [6, 6.07) is 14.3. The number of fused-ring (bicyclic) bond motifs is 3. The van der Waals surface area contributed by atoms with Crippen LogP contribution in [0.2, 0.25) is 0 Å². The van der Waals surface area contributed by atoms with E-state index in [0.29, 0.717) is 25.0 Å². The topological polar surface area (TPSA) is 128 Å². The molecule has 0 aromatic heterocycles. The van der Waals surface area contributed by atoms with Gasteiger partial charge in [0.15, 0.2) is 0 Å². The Kier molecular flexibility index (Phi) is 23.3. The molecule has 2 aromatic carbocycles. The van der Waals surface area contributed by atoms with Crippen LogP contribution in [-0.4, -0.2) is 59.6 Å². The highest BCUT2D eigenvalue weighted by atomic mass is 32.2. The van der Waals surface area contributed by atoms with E-state index in [1.165, 1.54) is 82.4 Å². The minimum absolute atomic E-state index is 0.0922. The summed E-state index contributed by atoms with van der Waals surface area (Å²) in [7, 11) is 0. The van der Waals surface area contributed by atoms with Crippen molar-refractivity contribution in [1.29, 1.82) is 0 Å². The Morgan fingerprint density at radius 1 is 0.636 bits per heavy atom. The molecule has 0 saturated carbocycles. The Labute approximate surface area is 334 Å². The zero-order valence-electron chi connectivity index (χ0n) is 33.5. The van der Waals surface area contributed by atoms with Gasteiger partial charge < -0.3 is 24.6 Å². The molecule has 0 bridgehead atoms. The number of hydrogen-bond acceptors (Lipinski definition) is 8. The number of alkyl carbamates (subject to hydrolysis) is 1. The van der Waals surface area contributed by atoms with Gasteiger partial charge in [-0.1, -0.05) is 165 Å². The number of esters is 2. The van der Waals surface area contributed by atoms with E-state index in [4.69, 9.17) is 14.2 Å². The van der Waals surface area contributed by atoms with Gasteiger partial charge in [0.25, 0.3) is 6.29 Å². The lowest BCUT2D eigenvalue weighted by Crippen LogP contribution is -2.45. The van der Waals surface area contributed by atoms with Gasteiger partial charge in [-0.3, -0.25) is 9.59 Å². The number of carboxylic acid groups (broad SMARTS) is 1. The lowest BCUT2D eigenvalue weighted by atomic mass is 9.96. The van der Waals surface area contributed by atoms with E-state index >= 15 is 0 Å². The second kappa shape index (κ2) is 28.0. The van der Waals surface area contributed by atoms with Crippen LogP contribution < -0.4 is 5.32 Å². The molecule has 10 heteroatoms. The Morgan fingerprint density at radius 2 is 1.11 bits per heavy atom. The minimum atomic E-state index is -1.29. The molecular formula is C45H67NO8S. The number of nitrogens with one attached hydrogen (secondary N) is 1. The van der Waals surface area contributed by atoms with Crippen LogP contribution >= 0.6 is 11.8 Å². The number of carbonyl (C=O) groups excluding carboxylic acids is 3. The summed E-state index contributed by atoms with van der Waals surface area (Å²) < 4.78 is 17.1. The van der Waals surface area contributed by atoms with Crippen molar-refractivity contribution >= 4 is 35.8 Å². The molecule has 0 spiro atoms. The molecular weight excluding hydrogens is 715 g/mol. The maximum absolute atomic E-state index is 13.3. The summed E-state index contributed by atoms with van der Waals surface area (Å²) in [6.07, 6.45) is 19.7. The Morgan fingerprint density at radius 3 is 1.62 bits per heavy atom. The Bertz CT molecular complexity index is 1370. The van der Waals surface area contributed by atoms with Crippen molar-refractivity contribution in [2.45, 2.75) is 167 Å². The van der Waals surface area contributed by atoms with Crippen molar-refractivity contribution in [3.63, 3.8) is 0 Å². The second-order valence-corrected chi connectivity index (χ2v) is 15.9. The maximum atomic E-state index is 13.3. The van der Waals surface area contributed by atoms with Gasteiger partial charge in [0.1, 0.15) is 6.04 Å². The first-order valence-corrected chi connectivity index (χ1v) is 22.3. The fourth-order valence-electron chi connectivity index (χ4n) is 7.07. The third-order valence-corrected chi connectivity index (χ3v) is 11.3. The minimum Gasteiger partial charge on any atom is -0.480 e. The molecule has 55 heavy (non-hydrogen) atoms. The Balaban J connectivity index is 1.46. The first-order valence-electron chi connectivity index (χ1n) is 21.2. The van der Waals surface area contributed by atoms with Crippen molar-refractivity contribution in [2.75, 3.05) is 18.1 Å². The van der Waals surface area contributed by atoms with Gasteiger partial charge in [0.2, 0.25) is 0 Å². The third-order valence-electron chi connectivity index (χ3n) is 10.2. The lowest BCUT2D eigenvalue weighted by Gasteiger charge is -2.26. The molecule has 9 nitrogen and oxygen atoms in total. The van der Waals surface area contributed by atoms with Crippen LogP contribution in [0.1, 0.15) is 166 Å². The summed E-state index contributed by atoms with van der Waals surface area (Å²) >= 11 is 1.34. The van der Waals surface area contributed by atoms with E-state index in [-0.39, 0.29) is 24.7 Å². The quantitative estimate of drug-likeness (QED) is 0.0436. The smallest absolute Gasteiger partial charge is 0.411 e. The third kappa shape index (κ3) is 17.9. The zero-order chi connectivity index (χ0) is 39.5. The first-order chi connectivity index (χ1) is 26.8. The summed E-state index contributed by atoms with van der Waals surface area (Å²) in [5.41, 5.74) is 3.69. The molecule has 0 saturated heterocycles. The number of unbranched alkanes of at least 4 members (excludes halogenated alkanes) is 16. The molecule has 0 radical (unpaired) electrons. The molecule has 3 rings (SSSR count). The fraction of sp³-hybridized carbons (Fsp3) is 0.644. The number of thioether (sulfide) groups is 1. The van der Waals surface area contributed by atoms with Crippen LogP contribution in [-0.2, 0) is 28.6 Å². The number of carbonyl (C=O) groups is 4. The molecule has 1 amide bonds. The number of ether oxygens (including phenoxy) is 3. The van der Waals surface area contributed by atoms with Crippen LogP contribution in [0.5, 0.6) is 0 Å². The zero-order valence-corrected chi connectivity index (χ0v) is 34.4. The average molecular weight is 782 g/mol. The molecule has 2 atom stereocenters. The first kappa shape index (κ1) is 45.9. The van der Waals surface area contributed by atoms with Crippen molar-refractivity contribution in [2.24, 2.45) is 0 Å². The van der Waals surface area contributed by atoms with Crippen LogP contribution in [0, 0.1) is 0 Å². The molecule has 2 unspecified atom stereocenters. The van der Waals surface area contributed by atoms with Gasteiger partial charge in [-0.25, -0.2) is 9.59 Å². The fourth-order valence-corrected chi connectivity index (χ4v) is 8.02. The van der Waals surface area contributed by atoms with E-state index in [9.17, 15) is 24.3 Å². The number of rotatable bonds is 31. The molecule has 0 aliphatic heterocycles. The van der Waals surface area contributed by atoms with Gasteiger partial charge in [-0.15, -0.1) is 0 Å². The number of carboxylic acids is 1. The second-order valence-electron chi connectivity index (χ2n) is 14.8. The highest BCUT2D eigenvalue weighted by molar-refractivity contribution is 7.99. The van der Waals surface area contributed by atoms with Crippen LogP contribution in [0.15, 0.2) is 48.5 Å². The maximum Gasteiger partial charge on any atom is 0.411 e. The van der Waals surface area contributed by atoms with E-state index in [1.807, 2.05) is 48.5 Å². The molecule has 306 valence electrons. The van der Waals surface area contributed by atoms with Crippen LogP contribution in [0.25, 0.3) is 11.1 Å². The summed E-state index contributed by atoms with van der Waals surface area (Å²) in [4.78, 5) is 50.8. The molecule has 2 N–H and O–H groups in total. The molecule has 1 aliphatic carbocycles. The van der Waals surface area contributed by atoms with E-state index in [1.54, 1.807) is 0 Å². The van der Waals surface area contributed by atoms with Crippen LogP contribution in [0.3, 0.4) is 0 Å². The SMILES string of the molecule is CCCCCCCCCCCC(=O)OCCCSCC(NC(=O)OC(OC(=O)CCCCCCCCCCC)C1c2ccccc2-c2ccccc21)C(=O)O. The normalized spacial score (nSPS) is 13.1. The number of aliphatic carboxylic acids is 1. The molecule has 0 fully saturated rings. The number of benzene rings is 2. The predicted octanol–water partition coefficient (Wildman–Crippen LogP) is 11.4. The number of amides is 1. The van der Waals surface area contributed by atoms with Crippen molar-refractivity contribution in [1.82, 2.24) is 5.32 Å². The highest BCUT2D eigenvalue weighted by Gasteiger charge is 2.39. The predicted molar refractivity (Wildman–Crippen MR) is 221 cm³/mol. The Hall–Kier alpha value is -3.53. The standard InChI is InChI=1S/C45H67NO8S/c1-3-5-7-9-11-13-15-17-19-30-40(47)52-32-25-33-55-34-39(43(49)50)46-45(51)54-44(53-41(48)31-20-18-16-14-12-10-8-6-4-2)42-37-28-23-21-26-35(37)36-27-22-24-29-38(36)42/h21-24,26-29,39,42,44H,3-20,25,30-34H2,1-2H3,(H,46,51)(H,49,50). The number of hydrogen-bond donors (Lipinski definition) is 2. The molecule has 0 heterocycles. The van der Waals surface area contributed by atoms with Gasteiger partial charge in [-0.05, 0) is 47.3 Å². The molecule has 1 aliphatic rings. The monoisotopic (exact) mass is 781 g/mol. The van der Waals surface area contributed by atoms with Crippen molar-refractivity contribution in [3.8, 4) is 11.1 Å². The van der Waals surface area contributed by atoms with Gasteiger partial charge in [-0.2, -0.15) is 11.8 Å². The average Bonchev–Trinajstić information content (AvgIpc) is 3.51. The van der Waals surface area contributed by atoms with E-state index < -0.39 is 36.3 Å². The summed E-state index contributed by atoms with van der Waals surface area (Å²) in [5, 5.41) is 12.4. The molecule has 2 aromatic rings. The van der Waals surface area contributed by atoms with E-state index in [0.717, 1.165) is 60.8 Å². The van der Waals surface area contributed by atoms with Crippen molar-refractivity contribution in [3.05, 3.63) is 59.7 Å². The largest absolute Gasteiger partial charge is 0.480 e. The van der Waals surface area contributed by atoms with Gasteiger partial charge in [0, 0.05) is 18.6 Å². The van der Waals surface area contributed by atoms with Gasteiger partial charge in [0.05, 0.1) is 12.5 Å². The van der Waals surface area contributed by atoms with Gasteiger partial charge >= 0.3 is 24.0 Å². The van der Waals surface area contributed by atoms with Crippen LogP contribution in [0.4, 0.5) is 4.79 Å². The summed E-state index contributed by atoms with van der Waals surface area (Å²) in [5.74, 6) is -1.77. The van der Waals surface area contributed by atoms with Crippen molar-refractivity contribution < 1.29 is 38.5 Å².